The maximum absolute atomic E-state index is 12.0. The lowest BCUT2D eigenvalue weighted by molar-refractivity contribution is -0.119. The maximum atomic E-state index is 12.0. The van der Waals surface area contributed by atoms with Gasteiger partial charge in [0.25, 0.3) is 0 Å². The van der Waals surface area contributed by atoms with Crippen LogP contribution < -0.4 is 15.8 Å². The molecule has 0 aromatic heterocycles. The van der Waals surface area contributed by atoms with E-state index in [1.54, 1.807) is 24.3 Å². The number of rotatable bonds is 5. The van der Waals surface area contributed by atoms with Gasteiger partial charge in [-0.15, -0.1) is 0 Å². The van der Waals surface area contributed by atoms with Gasteiger partial charge in [0, 0.05) is 24.2 Å². The molecule has 0 bridgehead atoms. The number of amides is 1. The molecule has 1 amide bonds. The molecule has 1 aliphatic carbocycles. The molecule has 1 fully saturated rings. The summed E-state index contributed by atoms with van der Waals surface area (Å²) in [5.74, 6) is -0.00321. The van der Waals surface area contributed by atoms with Crippen molar-refractivity contribution >= 4 is 21.6 Å². The predicted molar refractivity (Wildman–Crippen MR) is 82.1 cm³/mol. The zero-order chi connectivity index (χ0) is 15.5. The molecule has 0 aliphatic heterocycles. The van der Waals surface area contributed by atoms with Crippen LogP contribution >= 0.6 is 0 Å². The van der Waals surface area contributed by atoms with Gasteiger partial charge in [-0.2, -0.15) is 0 Å². The van der Waals surface area contributed by atoms with Crippen molar-refractivity contribution < 1.29 is 13.2 Å². The summed E-state index contributed by atoms with van der Waals surface area (Å²) in [6.07, 6.45) is 3.59. The first kappa shape index (κ1) is 15.9. The molecule has 2 unspecified atom stereocenters. The summed E-state index contributed by atoms with van der Waals surface area (Å²) in [6.45, 7) is 0.241. The zero-order valence-electron chi connectivity index (χ0n) is 12.0. The molecular weight excluding hydrogens is 290 g/mol. The number of carbonyl (C=O) groups is 1. The van der Waals surface area contributed by atoms with Gasteiger partial charge in [-0.25, -0.2) is 13.1 Å². The fourth-order valence-electron chi connectivity index (χ4n) is 2.42. The van der Waals surface area contributed by atoms with E-state index in [0.717, 1.165) is 31.1 Å². The minimum atomic E-state index is -3.20. The molecule has 0 spiro atoms. The highest BCUT2D eigenvalue weighted by molar-refractivity contribution is 7.88. The van der Waals surface area contributed by atoms with Crippen molar-refractivity contribution in [3.05, 3.63) is 29.8 Å². The van der Waals surface area contributed by atoms with Gasteiger partial charge in [0.15, 0.2) is 0 Å². The number of hydrogen-bond donors (Lipinski definition) is 3. The van der Waals surface area contributed by atoms with Crippen molar-refractivity contribution in [1.82, 2.24) is 4.72 Å². The minimum absolute atomic E-state index is 0.00459. The van der Waals surface area contributed by atoms with Crippen LogP contribution in [0.5, 0.6) is 0 Å². The first-order chi connectivity index (χ1) is 9.83. The molecule has 21 heavy (non-hydrogen) atoms. The van der Waals surface area contributed by atoms with Crippen LogP contribution in [0, 0.1) is 5.92 Å². The summed E-state index contributed by atoms with van der Waals surface area (Å²) in [5.41, 5.74) is 7.35. The van der Waals surface area contributed by atoms with Gasteiger partial charge < -0.3 is 11.1 Å². The summed E-state index contributed by atoms with van der Waals surface area (Å²) in [7, 11) is -3.20. The Morgan fingerprint density at radius 3 is 2.48 bits per heavy atom. The molecule has 1 saturated carbocycles. The van der Waals surface area contributed by atoms with E-state index in [2.05, 4.69) is 10.0 Å². The Morgan fingerprint density at radius 1 is 1.29 bits per heavy atom. The first-order valence-corrected chi connectivity index (χ1v) is 8.82. The number of nitrogens with two attached hydrogens (primary N) is 1. The van der Waals surface area contributed by atoms with Crippen LogP contribution in [0.1, 0.15) is 24.8 Å². The van der Waals surface area contributed by atoms with Crippen LogP contribution in [0.25, 0.3) is 0 Å². The molecule has 0 heterocycles. The fraction of sp³-hybridized carbons (Fsp3) is 0.500. The monoisotopic (exact) mass is 311 g/mol. The number of hydrogen-bond acceptors (Lipinski definition) is 4. The van der Waals surface area contributed by atoms with Gasteiger partial charge in [0.05, 0.1) is 6.26 Å². The van der Waals surface area contributed by atoms with E-state index in [4.69, 9.17) is 5.73 Å². The molecule has 1 aromatic carbocycles. The molecule has 0 saturated heterocycles. The molecule has 2 atom stereocenters. The predicted octanol–water partition coefficient (Wildman–Crippen LogP) is 0.802. The Morgan fingerprint density at radius 2 is 1.95 bits per heavy atom. The van der Waals surface area contributed by atoms with Gasteiger partial charge in [-0.05, 0) is 37.0 Å². The highest BCUT2D eigenvalue weighted by Crippen LogP contribution is 2.25. The largest absolute Gasteiger partial charge is 0.328 e. The third-order valence-electron chi connectivity index (χ3n) is 3.60. The summed E-state index contributed by atoms with van der Waals surface area (Å²) >= 11 is 0. The van der Waals surface area contributed by atoms with Crippen molar-refractivity contribution in [2.45, 2.75) is 31.8 Å². The second-order valence-electron chi connectivity index (χ2n) is 5.55. The van der Waals surface area contributed by atoms with E-state index in [0.29, 0.717) is 5.69 Å². The number of anilines is 1. The lowest BCUT2D eigenvalue weighted by Crippen LogP contribution is -2.23. The second kappa shape index (κ2) is 6.55. The molecule has 2 rings (SSSR count). The number of benzene rings is 1. The van der Waals surface area contributed by atoms with Gasteiger partial charge in [0.1, 0.15) is 0 Å². The Hall–Kier alpha value is -1.44. The Kier molecular flexibility index (Phi) is 4.97. The van der Waals surface area contributed by atoms with Crippen molar-refractivity contribution in [1.29, 1.82) is 0 Å². The van der Waals surface area contributed by atoms with E-state index in [1.165, 1.54) is 0 Å². The average molecular weight is 311 g/mol. The van der Waals surface area contributed by atoms with E-state index in [1.807, 2.05) is 0 Å². The molecule has 1 aliphatic rings. The van der Waals surface area contributed by atoms with E-state index >= 15 is 0 Å². The second-order valence-corrected chi connectivity index (χ2v) is 7.38. The minimum Gasteiger partial charge on any atom is -0.328 e. The van der Waals surface area contributed by atoms with Gasteiger partial charge in [-0.1, -0.05) is 12.1 Å². The highest BCUT2D eigenvalue weighted by Gasteiger charge is 2.27. The summed E-state index contributed by atoms with van der Waals surface area (Å²) in [4.78, 5) is 12.0. The van der Waals surface area contributed by atoms with Crippen molar-refractivity contribution in [2.24, 2.45) is 11.7 Å². The van der Waals surface area contributed by atoms with Crippen molar-refractivity contribution in [2.75, 3.05) is 11.6 Å². The smallest absolute Gasteiger partial charge is 0.227 e. The molecule has 4 N–H and O–H groups in total. The quantitative estimate of drug-likeness (QED) is 0.748. The van der Waals surface area contributed by atoms with E-state index in [9.17, 15) is 13.2 Å². The Balaban J connectivity index is 1.89. The third kappa shape index (κ3) is 5.11. The lowest BCUT2D eigenvalue weighted by atomic mass is 10.1. The highest BCUT2D eigenvalue weighted by atomic mass is 32.2. The lowest BCUT2D eigenvalue weighted by Gasteiger charge is -2.11. The van der Waals surface area contributed by atoms with Crippen LogP contribution in [-0.2, 0) is 21.4 Å². The molecule has 1 aromatic rings. The third-order valence-corrected chi connectivity index (χ3v) is 4.27. The van der Waals surface area contributed by atoms with Gasteiger partial charge >= 0.3 is 0 Å². The fourth-order valence-corrected chi connectivity index (χ4v) is 2.85. The molecule has 6 nitrogen and oxygen atoms in total. The summed E-state index contributed by atoms with van der Waals surface area (Å²) in [5, 5.41) is 2.87. The SMILES string of the molecule is CS(=O)(=O)NCc1ccc(NC(=O)C2CCC(N)C2)cc1. The van der Waals surface area contributed by atoms with Crippen molar-refractivity contribution in [3.8, 4) is 0 Å². The van der Waals surface area contributed by atoms with Crippen LogP contribution in [0.2, 0.25) is 0 Å². The van der Waals surface area contributed by atoms with E-state index < -0.39 is 10.0 Å². The van der Waals surface area contributed by atoms with Crippen LogP contribution in [0.3, 0.4) is 0 Å². The van der Waals surface area contributed by atoms with Crippen LogP contribution in [-0.4, -0.2) is 26.6 Å². The molecule has 116 valence electrons. The summed E-state index contributed by atoms with van der Waals surface area (Å²) in [6, 6.07) is 7.24. The topological polar surface area (TPSA) is 101 Å². The standard InChI is InChI=1S/C14H21N3O3S/c1-21(19,20)16-9-10-2-6-13(7-3-10)17-14(18)11-4-5-12(15)8-11/h2-3,6-7,11-12,16H,4-5,8-9,15H2,1H3,(H,17,18). The zero-order valence-corrected chi connectivity index (χ0v) is 12.8. The van der Waals surface area contributed by atoms with E-state index in [-0.39, 0.29) is 24.4 Å². The normalized spacial score (nSPS) is 22.2. The number of sulfonamides is 1. The van der Waals surface area contributed by atoms with Gasteiger partial charge in [-0.3, -0.25) is 4.79 Å². The molecular formula is C14H21N3O3S. The van der Waals surface area contributed by atoms with Gasteiger partial charge in [0.2, 0.25) is 15.9 Å². The summed E-state index contributed by atoms with van der Waals surface area (Å²) < 4.78 is 24.4. The Bertz CT molecular complexity index is 598. The first-order valence-electron chi connectivity index (χ1n) is 6.93. The van der Waals surface area contributed by atoms with Crippen LogP contribution in [0.15, 0.2) is 24.3 Å². The van der Waals surface area contributed by atoms with Crippen LogP contribution in [0.4, 0.5) is 5.69 Å². The number of carbonyl (C=O) groups excluding carboxylic acids is 1. The maximum Gasteiger partial charge on any atom is 0.227 e. The Labute approximate surface area is 125 Å². The number of nitrogens with one attached hydrogen (secondary N) is 2. The molecule has 0 radical (unpaired) electrons. The average Bonchev–Trinajstić information content (AvgIpc) is 2.84. The van der Waals surface area contributed by atoms with Crippen molar-refractivity contribution in [3.63, 3.8) is 0 Å². The molecule has 7 heteroatoms.